The van der Waals surface area contributed by atoms with Gasteiger partial charge in [0.1, 0.15) is 0 Å². The molecule has 1 fully saturated rings. The van der Waals surface area contributed by atoms with Gasteiger partial charge in [0.15, 0.2) is 0 Å². The summed E-state index contributed by atoms with van der Waals surface area (Å²) in [6.45, 7) is 6.10. The number of hydrogen-bond acceptors (Lipinski definition) is 2. The van der Waals surface area contributed by atoms with Gasteiger partial charge in [0, 0.05) is 13.2 Å². The molecule has 90 valence electrons. The Morgan fingerprint density at radius 3 is 1.67 bits per heavy atom. The minimum absolute atomic E-state index is 0.360. The van der Waals surface area contributed by atoms with Crippen LogP contribution in [0.4, 0.5) is 0 Å². The standard InChI is InChI=1S/C13H26O2/c1-3-10-14-12-8-6-5-7-9-13(12)15-11-4-2/h12-13H,3-11H2,1-2H3. The van der Waals surface area contributed by atoms with Crippen LogP contribution in [0.15, 0.2) is 0 Å². The summed E-state index contributed by atoms with van der Waals surface area (Å²) < 4.78 is 11.8. The SMILES string of the molecule is CCCOC1CCCCCC1OCCC. The maximum absolute atomic E-state index is 5.90. The highest BCUT2D eigenvalue weighted by Gasteiger charge is 2.24. The molecule has 0 heterocycles. The zero-order chi connectivity index (χ0) is 10.9. The molecule has 0 aliphatic heterocycles. The molecule has 1 aliphatic carbocycles. The lowest BCUT2D eigenvalue weighted by Gasteiger charge is -2.25. The van der Waals surface area contributed by atoms with Crippen molar-refractivity contribution >= 4 is 0 Å². The molecule has 2 heteroatoms. The fourth-order valence-corrected chi connectivity index (χ4v) is 2.16. The molecule has 0 aromatic rings. The Balaban J connectivity index is 2.35. The third kappa shape index (κ3) is 4.98. The predicted octanol–water partition coefficient (Wildman–Crippen LogP) is 3.54. The van der Waals surface area contributed by atoms with Crippen LogP contribution in [0.1, 0.15) is 58.8 Å². The third-order valence-electron chi connectivity index (χ3n) is 2.96. The summed E-state index contributed by atoms with van der Waals surface area (Å²) in [6, 6.07) is 0. The molecule has 1 aliphatic rings. The number of hydrogen-bond donors (Lipinski definition) is 0. The lowest BCUT2D eigenvalue weighted by molar-refractivity contribution is -0.0755. The topological polar surface area (TPSA) is 18.5 Å². The van der Waals surface area contributed by atoms with Crippen LogP contribution in [0.2, 0.25) is 0 Å². The lowest BCUT2D eigenvalue weighted by atomic mass is 10.1. The van der Waals surface area contributed by atoms with Crippen molar-refractivity contribution in [3.05, 3.63) is 0 Å². The van der Waals surface area contributed by atoms with E-state index in [9.17, 15) is 0 Å². The second kappa shape index (κ2) is 8.12. The normalized spacial score (nSPS) is 27.6. The van der Waals surface area contributed by atoms with E-state index in [0.717, 1.165) is 26.1 Å². The average molecular weight is 214 g/mol. The molecule has 1 rings (SSSR count). The van der Waals surface area contributed by atoms with Crippen LogP contribution in [0.3, 0.4) is 0 Å². The molecule has 2 nitrogen and oxygen atoms in total. The van der Waals surface area contributed by atoms with Gasteiger partial charge in [-0.3, -0.25) is 0 Å². The van der Waals surface area contributed by atoms with E-state index in [-0.39, 0.29) is 0 Å². The maximum atomic E-state index is 5.90. The second-order valence-corrected chi connectivity index (χ2v) is 4.46. The summed E-state index contributed by atoms with van der Waals surface area (Å²) in [4.78, 5) is 0. The highest BCUT2D eigenvalue weighted by molar-refractivity contribution is 4.75. The van der Waals surface area contributed by atoms with E-state index >= 15 is 0 Å². The van der Waals surface area contributed by atoms with Crippen molar-refractivity contribution in [2.75, 3.05) is 13.2 Å². The monoisotopic (exact) mass is 214 g/mol. The average Bonchev–Trinajstić information content (AvgIpc) is 2.48. The van der Waals surface area contributed by atoms with E-state index in [1.165, 1.54) is 32.1 Å². The molecule has 0 saturated heterocycles. The molecule has 15 heavy (non-hydrogen) atoms. The molecule has 0 aromatic carbocycles. The van der Waals surface area contributed by atoms with E-state index in [0.29, 0.717) is 12.2 Å². The van der Waals surface area contributed by atoms with E-state index in [1.54, 1.807) is 0 Å². The summed E-state index contributed by atoms with van der Waals surface area (Å²) in [5.41, 5.74) is 0. The Morgan fingerprint density at radius 1 is 0.800 bits per heavy atom. The van der Waals surface area contributed by atoms with Crippen molar-refractivity contribution in [1.82, 2.24) is 0 Å². The van der Waals surface area contributed by atoms with E-state index in [4.69, 9.17) is 9.47 Å². The van der Waals surface area contributed by atoms with Crippen LogP contribution in [0, 0.1) is 0 Å². The molecule has 2 unspecified atom stereocenters. The molecule has 0 spiro atoms. The van der Waals surface area contributed by atoms with Gasteiger partial charge in [0.05, 0.1) is 12.2 Å². The van der Waals surface area contributed by atoms with Crippen molar-refractivity contribution in [3.63, 3.8) is 0 Å². The molecule has 1 saturated carbocycles. The number of rotatable bonds is 6. The van der Waals surface area contributed by atoms with E-state index < -0.39 is 0 Å². The molecule has 0 radical (unpaired) electrons. The largest absolute Gasteiger partial charge is 0.376 e. The van der Waals surface area contributed by atoms with Gasteiger partial charge in [0.2, 0.25) is 0 Å². The molecule has 0 N–H and O–H groups in total. The first-order valence-corrected chi connectivity index (χ1v) is 6.61. The Hall–Kier alpha value is -0.0800. The quantitative estimate of drug-likeness (QED) is 0.630. The van der Waals surface area contributed by atoms with Gasteiger partial charge in [0.25, 0.3) is 0 Å². The molecule has 2 atom stereocenters. The Kier molecular flexibility index (Phi) is 7.03. The summed E-state index contributed by atoms with van der Waals surface area (Å²) >= 11 is 0. The third-order valence-corrected chi connectivity index (χ3v) is 2.96. The fraction of sp³-hybridized carbons (Fsp3) is 1.00. The highest BCUT2D eigenvalue weighted by Crippen LogP contribution is 2.23. The zero-order valence-electron chi connectivity index (χ0n) is 10.3. The lowest BCUT2D eigenvalue weighted by Crippen LogP contribution is -2.31. The van der Waals surface area contributed by atoms with Crippen LogP contribution in [-0.2, 0) is 9.47 Å². The van der Waals surface area contributed by atoms with Crippen LogP contribution in [0.25, 0.3) is 0 Å². The predicted molar refractivity (Wildman–Crippen MR) is 63.1 cm³/mol. The van der Waals surface area contributed by atoms with Crippen molar-refractivity contribution in [2.24, 2.45) is 0 Å². The minimum atomic E-state index is 0.360. The zero-order valence-corrected chi connectivity index (χ0v) is 10.3. The maximum Gasteiger partial charge on any atom is 0.0836 e. The molecule has 0 aromatic heterocycles. The van der Waals surface area contributed by atoms with Gasteiger partial charge in [-0.15, -0.1) is 0 Å². The van der Waals surface area contributed by atoms with Gasteiger partial charge in [-0.05, 0) is 25.7 Å². The summed E-state index contributed by atoms with van der Waals surface area (Å²) in [7, 11) is 0. The van der Waals surface area contributed by atoms with E-state index in [2.05, 4.69) is 13.8 Å². The highest BCUT2D eigenvalue weighted by atomic mass is 16.5. The van der Waals surface area contributed by atoms with E-state index in [1.807, 2.05) is 0 Å². The summed E-state index contributed by atoms with van der Waals surface area (Å²) in [6.07, 6.45) is 9.27. The Bertz CT molecular complexity index is 131. The van der Waals surface area contributed by atoms with Gasteiger partial charge in [-0.1, -0.05) is 33.1 Å². The van der Waals surface area contributed by atoms with Crippen molar-refractivity contribution in [1.29, 1.82) is 0 Å². The number of ether oxygens (including phenoxy) is 2. The minimum Gasteiger partial charge on any atom is -0.376 e. The molecule has 0 amide bonds. The van der Waals surface area contributed by atoms with Crippen LogP contribution in [-0.4, -0.2) is 25.4 Å². The Morgan fingerprint density at radius 2 is 1.27 bits per heavy atom. The fourth-order valence-electron chi connectivity index (χ4n) is 2.16. The van der Waals surface area contributed by atoms with Gasteiger partial charge in [-0.2, -0.15) is 0 Å². The van der Waals surface area contributed by atoms with Gasteiger partial charge in [-0.25, -0.2) is 0 Å². The molecular formula is C13H26O2. The van der Waals surface area contributed by atoms with Crippen LogP contribution in [0.5, 0.6) is 0 Å². The first kappa shape index (κ1) is 13.0. The van der Waals surface area contributed by atoms with Gasteiger partial charge < -0.3 is 9.47 Å². The van der Waals surface area contributed by atoms with Crippen molar-refractivity contribution in [2.45, 2.75) is 71.0 Å². The van der Waals surface area contributed by atoms with Crippen molar-refractivity contribution in [3.8, 4) is 0 Å². The van der Waals surface area contributed by atoms with Crippen LogP contribution >= 0.6 is 0 Å². The first-order chi connectivity index (χ1) is 7.38. The molecular weight excluding hydrogens is 188 g/mol. The Labute approximate surface area is 94.3 Å². The second-order valence-electron chi connectivity index (χ2n) is 4.46. The smallest absolute Gasteiger partial charge is 0.0836 e. The summed E-state index contributed by atoms with van der Waals surface area (Å²) in [5, 5.41) is 0. The molecule has 0 bridgehead atoms. The van der Waals surface area contributed by atoms with Crippen molar-refractivity contribution < 1.29 is 9.47 Å². The van der Waals surface area contributed by atoms with Crippen LogP contribution < -0.4 is 0 Å². The summed E-state index contributed by atoms with van der Waals surface area (Å²) in [5.74, 6) is 0. The van der Waals surface area contributed by atoms with Gasteiger partial charge >= 0.3 is 0 Å². The first-order valence-electron chi connectivity index (χ1n) is 6.61.